The van der Waals surface area contributed by atoms with Gasteiger partial charge < -0.3 is 4.90 Å². The number of rotatable bonds is 4. The van der Waals surface area contributed by atoms with Crippen molar-refractivity contribution in [2.75, 3.05) is 13.1 Å². The minimum absolute atomic E-state index is 0.305. The minimum Gasteiger partial charge on any atom is -0.345 e. The van der Waals surface area contributed by atoms with Crippen LogP contribution < -0.4 is 0 Å². The summed E-state index contributed by atoms with van der Waals surface area (Å²) in [5.74, 6) is 0. The normalized spacial score (nSPS) is 14.7. The molecule has 0 unspecified atom stereocenters. The Kier molecular flexibility index (Phi) is 7.47. The van der Waals surface area contributed by atoms with Gasteiger partial charge in [-0.15, -0.1) is 11.3 Å². The van der Waals surface area contributed by atoms with Crippen LogP contribution in [0.3, 0.4) is 0 Å². The van der Waals surface area contributed by atoms with E-state index in [-0.39, 0.29) is 0 Å². The van der Waals surface area contributed by atoms with E-state index in [1.807, 2.05) is 30.9 Å². The van der Waals surface area contributed by atoms with Gasteiger partial charge in [0.25, 0.3) is 0 Å². The van der Waals surface area contributed by atoms with Crippen LogP contribution in [-0.2, 0) is 24.4 Å². The van der Waals surface area contributed by atoms with Crippen LogP contribution in [-0.4, -0.2) is 34.2 Å². The summed E-state index contributed by atoms with van der Waals surface area (Å²) in [5, 5.41) is 4.09. The number of carbonyl (C=O) groups is 1. The number of piperidine rings is 1. The minimum atomic E-state index is -4.36. The van der Waals surface area contributed by atoms with Crippen molar-refractivity contribution in [1.29, 1.82) is 0 Å². The Hall–Kier alpha value is -1.83. The molecule has 0 aliphatic carbocycles. The molecule has 0 atom stereocenters. The Morgan fingerprint density at radius 1 is 1.22 bits per heavy atom. The zero-order valence-corrected chi connectivity index (χ0v) is 16.8. The molecule has 3 heterocycles. The van der Waals surface area contributed by atoms with Gasteiger partial charge >= 0.3 is 6.18 Å². The van der Waals surface area contributed by atoms with E-state index in [0.717, 1.165) is 33.9 Å². The SMILES string of the molecule is CCCc1c(-c2ccc(C)s2)nn(C)c1C(F)(F)F.O=CN1CCCCC1. The lowest BCUT2D eigenvalue weighted by Gasteiger charge is -2.21. The lowest BCUT2D eigenvalue weighted by molar-refractivity contribution is -0.144. The first kappa shape index (κ1) is 21.5. The van der Waals surface area contributed by atoms with Crippen LogP contribution in [0.1, 0.15) is 48.7 Å². The van der Waals surface area contributed by atoms with Crippen molar-refractivity contribution >= 4 is 17.7 Å². The largest absolute Gasteiger partial charge is 0.433 e. The van der Waals surface area contributed by atoms with Gasteiger partial charge in [0, 0.05) is 30.6 Å². The Morgan fingerprint density at radius 3 is 2.33 bits per heavy atom. The van der Waals surface area contributed by atoms with Crippen molar-refractivity contribution in [2.24, 2.45) is 7.05 Å². The second-order valence-electron chi connectivity index (χ2n) is 6.66. The number of halogens is 3. The molecule has 2 aromatic heterocycles. The summed E-state index contributed by atoms with van der Waals surface area (Å²) in [5.41, 5.74) is 0.143. The number of thiophene rings is 1. The standard InChI is InChI=1S/C13H15F3N2S.C6H11NO/c1-4-5-9-11(10-7-6-8(2)19-10)17-18(3)12(9)13(14,15)16;8-6-7-4-2-1-3-5-7/h6-7H,4-5H2,1-3H3;6H,1-5H2. The van der Waals surface area contributed by atoms with Gasteiger partial charge in [-0.3, -0.25) is 9.48 Å². The highest BCUT2D eigenvalue weighted by Crippen LogP contribution is 2.38. The number of likely N-dealkylation sites (tertiary alicyclic amines) is 1. The molecule has 27 heavy (non-hydrogen) atoms. The number of amides is 1. The molecular formula is C19H26F3N3OS. The lowest BCUT2D eigenvalue weighted by Crippen LogP contribution is -2.27. The number of nitrogens with zero attached hydrogens (tertiary/aromatic N) is 3. The Bertz CT molecular complexity index is 746. The molecule has 0 saturated carbocycles. The van der Waals surface area contributed by atoms with Crippen molar-refractivity contribution in [1.82, 2.24) is 14.7 Å². The maximum Gasteiger partial charge on any atom is 0.433 e. The molecule has 3 rings (SSSR count). The topological polar surface area (TPSA) is 38.1 Å². The van der Waals surface area contributed by atoms with E-state index in [9.17, 15) is 18.0 Å². The molecule has 1 fully saturated rings. The van der Waals surface area contributed by atoms with E-state index in [1.54, 1.807) is 0 Å². The fourth-order valence-electron chi connectivity index (χ4n) is 3.19. The zero-order chi connectivity index (χ0) is 20.0. The average Bonchev–Trinajstić information content (AvgIpc) is 3.19. The second-order valence-corrected chi connectivity index (χ2v) is 7.95. The molecular weight excluding hydrogens is 375 g/mol. The fourth-order valence-corrected chi connectivity index (χ4v) is 4.07. The number of alkyl halides is 3. The predicted octanol–water partition coefficient (Wildman–Crippen LogP) is 5.06. The molecule has 0 N–H and O–H groups in total. The number of aromatic nitrogens is 2. The highest BCUT2D eigenvalue weighted by molar-refractivity contribution is 7.15. The predicted molar refractivity (Wildman–Crippen MR) is 102 cm³/mol. The van der Waals surface area contributed by atoms with Crippen LogP contribution in [0.15, 0.2) is 12.1 Å². The second kappa shape index (κ2) is 9.39. The van der Waals surface area contributed by atoms with Gasteiger partial charge in [0.1, 0.15) is 11.4 Å². The molecule has 150 valence electrons. The fraction of sp³-hybridized carbons (Fsp3) is 0.579. The summed E-state index contributed by atoms with van der Waals surface area (Å²) in [7, 11) is 1.35. The van der Waals surface area contributed by atoms with Crippen LogP contribution in [0.2, 0.25) is 0 Å². The molecule has 4 nitrogen and oxygen atoms in total. The molecule has 1 amide bonds. The zero-order valence-electron chi connectivity index (χ0n) is 16.0. The van der Waals surface area contributed by atoms with Crippen LogP contribution >= 0.6 is 11.3 Å². The maximum atomic E-state index is 13.1. The van der Waals surface area contributed by atoms with Crippen molar-refractivity contribution in [3.8, 4) is 10.6 Å². The lowest BCUT2D eigenvalue weighted by atomic mass is 10.1. The summed E-state index contributed by atoms with van der Waals surface area (Å²) in [6.07, 6.45) is 1.30. The van der Waals surface area contributed by atoms with E-state index >= 15 is 0 Å². The third-order valence-electron chi connectivity index (χ3n) is 4.43. The first-order valence-corrected chi connectivity index (χ1v) is 9.98. The van der Waals surface area contributed by atoms with E-state index in [4.69, 9.17) is 0 Å². The Labute approximate surface area is 162 Å². The van der Waals surface area contributed by atoms with Crippen molar-refractivity contribution in [3.05, 3.63) is 28.3 Å². The van der Waals surface area contributed by atoms with Crippen LogP contribution in [0.5, 0.6) is 0 Å². The van der Waals surface area contributed by atoms with Crippen LogP contribution in [0.25, 0.3) is 10.6 Å². The third-order valence-corrected chi connectivity index (χ3v) is 5.43. The number of carbonyl (C=O) groups excluding carboxylic acids is 1. The maximum absolute atomic E-state index is 13.1. The van der Waals surface area contributed by atoms with Gasteiger partial charge in [0.2, 0.25) is 6.41 Å². The summed E-state index contributed by atoms with van der Waals surface area (Å²) in [6.45, 7) is 5.75. The highest BCUT2D eigenvalue weighted by atomic mass is 32.1. The third kappa shape index (κ3) is 5.57. The number of hydrogen-bond acceptors (Lipinski definition) is 3. The van der Waals surface area contributed by atoms with Crippen molar-refractivity contribution in [2.45, 2.75) is 52.1 Å². The Morgan fingerprint density at radius 2 is 1.89 bits per heavy atom. The van der Waals surface area contributed by atoms with Gasteiger partial charge in [-0.1, -0.05) is 13.3 Å². The monoisotopic (exact) mass is 401 g/mol. The van der Waals surface area contributed by atoms with E-state index < -0.39 is 11.9 Å². The number of hydrogen-bond donors (Lipinski definition) is 0. The summed E-state index contributed by atoms with van der Waals surface area (Å²) in [4.78, 5) is 13.8. The van der Waals surface area contributed by atoms with Gasteiger partial charge in [-0.25, -0.2) is 0 Å². The van der Waals surface area contributed by atoms with Crippen LogP contribution in [0.4, 0.5) is 13.2 Å². The number of aryl methyl sites for hydroxylation is 2. The molecule has 8 heteroatoms. The molecule has 0 aromatic carbocycles. The summed E-state index contributed by atoms with van der Waals surface area (Å²) >= 11 is 1.47. The van der Waals surface area contributed by atoms with Gasteiger partial charge in [-0.05, 0) is 44.7 Å². The Balaban J connectivity index is 0.000000273. The quantitative estimate of drug-likeness (QED) is 0.672. The first-order chi connectivity index (χ1) is 12.8. The van der Waals surface area contributed by atoms with E-state index in [1.165, 1.54) is 37.6 Å². The molecule has 1 aliphatic rings. The summed E-state index contributed by atoms with van der Waals surface area (Å²) in [6, 6.07) is 3.74. The highest BCUT2D eigenvalue weighted by Gasteiger charge is 2.39. The molecule has 2 aromatic rings. The molecule has 1 aliphatic heterocycles. The molecule has 0 spiro atoms. The van der Waals surface area contributed by atoms with Crippen LogP contribution in [0, 0.1) is 6.92 Å². The van der Waals surface area contributed by atoms with Gasteiger partial charge in [-0.2, -0.15) is 18.3 Å². The summed E-state index contributed by atoms with van der Waals surface area (Å²) < 4.78 is 40.3. The molecule has 0 radical (unpaired) electrons. The van der Waals surface area contributed by atoms with Crippen molar-refractivity contribution in [3.63, 3.8) is 0 Å². The van der Waals surface area contributed by atoms with Crippen molar-refractivity contribution < 1.29 is 18.0 Å². The van der Waals surface area contributed by atoms with E-state index in [0.29, 0.717) is 24.1 Å². The average molecular weight is 401 g/mol. The van der Waals surface area contributed by atoms with E-state index in [2.05, 4.69) is 5.10 Å². The van der Waals surface area contributed by atoms with Gasteiger partial charge in [0.15, 0.2) is 0 Å². The smallest absolute Gasteiger partial charge is 0.345 e. The molecule has 0 bridgehead atoms. The van der Waals surface area contributed by atoms with Gasteiger partial charge in [0.05, 0.1) is 4.88 Å². The molecule has 1 saturated heterocycles. The first-order valence-electron chi connectivity index (χ1n) is 9.17.